The molecule has 0 saturated heterocycles. The number of isocyanates is 1. The summed E-state index contributed by atoms with van der Waals surface area (Å²) in [6.07, 6.45) is 0.750. The molecule has 0 rings (SSSR count). The van der Waals surface area contributed by atoms with Gasteiger partial charge in [-0.25, -0.2) is 10.2 Å². The number of hydrogen-bond donors (Lipinski definition) is 1. The zero-order valence-corrected chi connectivity index (χ0v) is 10.3. The zero-order valence-electron chi connectivity index (χ0n) is 9.25. The molecule has 0 aliphatic rings. The fourth-order valence-electron chi connectivity index (χ4n) is 0.912. The van der Waals surface area contributed by atoms with E-state index in [0.717, 1.165) is 6.08 Å². The van der Waals surface area contributed by atoms with Gasteiger partial charge in [0.2, 0.25) is 6.08 Å². The van der Waals surface area contributed by atoms with Gasteiger partial charge in [0.1, 0.15) is 0 Å². The molecule has 0 fully saturated rings. The van der Waals surface area contributed by atoms with Crippen LogP contribution < -0.4 is 0 Å². The number of carbonyl (C=O) groups excluding carboxylic acids is 1. The van der Waals surface area contributed by atoms with E-state index in [0.29, 0.717) is 19.8 Å². The van der Waals surface area contributed by atoms with Gasteiger partial charge in [-0.2, -0.15) is 0 Å². The van der Waals surface area contributed by atoms with Crippen LogP contribution in [-0.4, -0.2) is 34.7 Å². The first-order valence-corrected chi connectivity index (χ1v) is 6.78. The smallest absolute Gasteiger partial charge is 0.374 e. The molecule has 14 heavy (non-hydrogen) atoms. The average Bonchev–Trinajstić information content (AvgIpc) is 2.06. The summed E-state index contributed by atoms with van der Waals surface area (Å²) >= 11 is 0. The molecule has 0 aromatic rings. The van der Waals surface area contributed by atoms with Crippen molar-refractivity contribution in [2.45, 2.75) is 27.3 Å². The third-order valence-electron chi connectivity index (χ3n) is 1.22. The van der Waals surface area contributed by atoms with Crippen LogP contribution in [0.1, 0.15) is 20.8 Å². The molecule has 0 heterocycles. The summed E-state index contributed by atoms with van der Waals surface area (Å²) in [4.78, 5) is 8.35. The molecule has 0 unspecified atom stereocenters. The lowest BCUT2D eigenvalue weighted by molar-refractivity contribution is 0.0783. The van der Waals surface area contributed by atoms with Gasteiger partial charge < -0.3 is 13.3 Å². The highest BCUT2D eigenvalue weighted by Crippen LogP contribution is 2.08. The maximum Gasteiger partial charge on any atom is 0.497 e. The lowest BCUT2D eigenvalue weighted by Gasteiger charge is -2.23. The van der Waals surface area contributed by atoms with Crippen LogP contribution in [0.15, 0.2) is 0 Å². The molecule has 0 aliphatic carbocycles. The van der Waals surface area contributed by atoms with E-state index >= 15 is 0 Å². The fraction of sp³-hybridized carbons (Fsp3) is 0.875. The van der Waals surface area contributed by atoms with Gasteiger partial charge in [-0.1, -0.05) is 0 Å². The van der Waals surface area contributed by atoms with E-state index in [1.54, 1.807) is 0 Å². The van der Waals surface area contributed by atoms with Crippen molar-refractivity contribution in [3.8, 4) is 0 Å². The van der Waals surface area contributed by atoms with Crippen molar-refractivity contribution in [2.24, 2.45) is 0 Å². The summed E-state index contributed by atoms with van der Waals surface area (Å²) in [6, 6.07) is 0. The minimum absolute atomic E-state index is 0.655. The van der Waals surface area contributed by atoms with Crippen LogP contribution in [0.4, 0.5) is 0 Å². The maximum atomic E-state index is 8.35. The van der Waals surface area contributed by atoms with E-state index in [9.17, 15) is 0 Å². The van der Waals surface area contributed by atoms with Gasteiger partial charge in [0.05, 0.1) is 0 Å². The Hall–Kier alpha value is -0.523. The van der Waals surface area contributed by atoms with E-state index in [1.165, 1.54) is 0 Å². The second kappa shape index (κ2) is 10.6. The van der Waals surface area contributed by atoms with Crippen molar-refractivity contribution in [3.05, 3.63) is 0 Å². The normalized spacial score (nSPS) is 10.0. The van der Waals surface area contributed by atoms with Crippen LogP contribution in [0.2, 0.25) is 6.55 Å². The lowest BCUT2D eigenvalue weighted by atomic mass is 10.9. The third-order valence-corrected chi connectivity index (χ3v) is 3.66. The van der Waals surface area contributed by atoms with E-state index in [-0.39, 0.29) is 0 Å². The Morgan fingerprint density at radius 3 is 1.43 bits per heavy atom. The summed E-state index contributed by atoms with van der Waals surface area (Å²) < 4.78 is 16.2. The average molecular weight is 221 g/mol. The summed E-state index contributed by atoms with van der Waals surface area (Å²) in [6.45, 7) is 9.73. The van der Waals surface area contributed by atoms with Crippen molar-refractivity contribution in [2.75, 3.05) is 19.8 Å². The first kappa shape index (κ1) is 15.9. The van der Waals surface area contributed by atoms with Crippen molar-refractivity contribution in [3.63, 3.8) is 0 Å². The van der Waals surface area contributed by atoms with Gasteiger partial charge in [0, 0.05) is 26.4 Å². The van der Waals surface area contributed by atoms with E-state index < -0.39 is 8.80 Å². The molecule has 0 amide bonds. The topological polar surface area (TPSA) is 68.6 Å². The highest BCUT2D eigenvalue weighted by atomic mass is 28.4. The van der Waals surface area contributed by atoms with Crippen molar-refractivity contribution in [1.82, 2.24) is 0 Å². The van der Waals surface area contributed by atoms with Crippen LogP contribution in [0.5, 0.6) is 0 Å². The predicted molar refractivity (Wildman–Crippen MR) is 54.9 cm³/mol. The first-order valence-electron chi connectivity index (χ1n) is 4.55. The molecule has 0 aromatic heterocycles. The fourth-order valence-corrected chi connectivity index (χ4v) is 2.73. The first-order chi connectivity index (χ1) is 6.60. The second-order valence-corrected chi connectivity index (χ2v) is 4.85. The Kier molecular flexibility index (Phi) is 12.0. The molecule has 6 heteroatoms. The summed E-state index contributed by atoms with van der Waals surface area (Å²) in [5.74, 6) is 0. The molecule has 5 nitrogen and oxygen atoms in total. The van der Waals surface area contributed by atoms with Crippen LogP contribution in [0, 0.1) is 5.41 Å². The standard InChI is InChI=1S/C7H18O3Si.CHNO/c1-5-8-11(4,9-6-2)10-7-3;2-1-3/h5-7H2,1-4H3;2H. The SMILES string of the molecule is CCO[Si](C)(OCC)OCC.N=C=O. The van der Waals surface area contributed by atoms with Crippen LogP contribution >= 0.6 is 0 Å². The van der Waals surface area contributed by atoms with Gasteiger partial charge in [0.25, 0.3) is 0 Å². The quantitative estimate of drug-likeness (QED) is 0.420. The van der Waals surface area contributed by atoms with E-state index in [2.05, 4.69) is 0 Å². The monoisotopic (exact) mass is 221 g/mol. The summed E-state index contributed by atoms with van der Waals surface area (Å²) in [5, 5.41) is 5.40. The van der Waals surface area contributed by atoms with Crippen LogP contribution in [0.25, 0.3) is 0 Å². The number of nitrogens with one attached hydrogen (secondary N) is 1. The molecule has 1 N–H and O–H groups in total. The van der Waals surface area contributed by atoms with Gasteiger partial charge in [-0.3, -0.25) is 0 Å². The molecule has 0 spiro atoms. The molecule has 0 aliphatic heterocycles. The minimum Gasteiger partial charge on any atom is -0.374 e. The highest BCUT2D eigenvalue weighted by Gasteiger charge is 2.32. The van der Waals surface area contributed by atoms with E-state index in [4.69, 9.17) is 23.5 Å². The molecular formula is C8H19NO4Si. The Balaban J connectivity index is 0. The molecule has 0 aromatic carbocycles. The van der Waals surface area contributed by atoms with E-state index in [1.807, 2.05) is 27.3 Å². The Morgan fingerprint density at radius 2 is 1.29 bits per heavy atom. The molecule has 0 bridgehead atoms. The Morgan fingerprint density at radius 1 is 1.07 bits per heavy atom. The second-order valence-electron chi connectivity index (χ2n) is 2.26. The largest absolute Gasteiger partial charge is 0.497 e. The van der Waals surface area contributed by atoms with Crippen LogP contribution in [0.3, 0.4) is 0 Å². The maximum absolute atomic E-state index is 8.35. The third kappa shape index (κ3) is 9.56. The molecule has 0 radical (unpaired) electrons. The molecule has 84 valence electrons. The number of hydrogen-bond acceptors (Lipinski definition) is 5. The number of rotatable bonds is 6. The van der Waals surface area contributed by atoms with Gasteiger partial charge in [0.15, 0.2) is 0 Å². The van der Waals surface area contributed by atoms with Crippen molar-refractivity contribution in [1.29, 1.82) is 5.41 Å². The van der Waals surface area contributed by atoms with Crippen molar-refractivity contribution < 1.29 is 18.1 Å². The molecule has 0 atom stereocenters. The molecular weight excluding hydrogens is 202 g/mol. The summed E-state index contributed by atoms with van der Waals surface area (Å²) in [7, 11) is -2.25. The Bertz CT molecular complexity index is 142. The summed E-state index contributed by atoms with van der Waals surface area (Å²) in [5.41, 5.74) is 0. The lowest BCUT2D eigenvalue weighted by Crippen LogP contribution is -2.42. The Labute approximate surface area is 86.2 Å². The van der Waals surface area contributed by atoms with Crippen LogP contribution in [-0.2, 0) is 18.1 Å². The predicted octanol–water partition coefficient (Wildman–Crippen LogP) is 1.57. The van der Waals surface area contributed by atoms with Gasteiger partial charge in [-0.05, 0) is 20.8 Å². The van der Waals surface area contributed by atoms with Gasteiger partial charge in [-0.15, -0.1) is 0 Å². The van der Waals surface area contributed by atoms with Crippen molar-refractivity contribution >= 4 is 14.9 Å². The minimum atomic E-state index is -2.25. The zero-order chi connectivity index (χ0) is 11.4. The van der Waals surface area contributed by atoms with Gasteiger partial charge >= 0.3 is 8.80 Å². The highest BCUT2D eigenvalue weighted by molar-refractivity contribution is 6.59. The molecule has 0 saturated carbocycles.